The summed E-state index contributed by atoms with van der Waals surface area (Å²) in [5, 5.41) is 49.1. The van der Waals surface area contributed by atoms with Gasteiger partial charge < -0.3 is 41.7 Å². The van der Waals surface area contributed by atoms with E-state index in [4.69, 9.17) is 0 Å². The third kappa shape index (κ3) is 34.3. The number of nitrogens with zero attached hydrogens (tertiary/aromatic N) is 4. The molecule has 68 heavy (non-hydrogen) atoms. The maximum absolute atomic E-state index is 13.2. The lowest BCUT2D eigenvalue weighted by Gasteiger charge is -2.32. The van der Waals surface area contributed by atoms with Crippen molar-refractivity contribution >= 4 is 60.1 Å². The number of unbranched alkanes of at least 4 members (excludes halogenated alkanes) is 14. The lowest BCUT2D eigenvalue weighted by molar-refractivity contribution is -0.142. The first kappa shape index (κ1) is 62.0. The molecule has 0 radical (unpaired) electrons. The SMILES string of the molecule is CCCCCCCCCCCCCCCC(=O)N[C@@H](CCC(=O)N[C@@H](CCCCNC(=O)CN1CCN(CC(=O)O)CCN(CC(=O)O)CCN(CC(=O)O)CC1)C(=O)NCCCCS)C(=O)O. The second-order valence-electron chi connectivity index (χ2n) is 18.0. The zero-order chi connectivity index (χ0) is 50.4. The molecule has 0 aromatic rings. The number of amides is 4. The van der Waals surface area contributed by atoms with Crippen LogP contribution >= 0.6 is 12.6 Å². The molecule has 0 saturated carbocycles. The topological polar surface area (TPSA) is 279 Å². The standard InChI is InChI=1S/C47H86N8O12S/c1-2-3-4-5-6-7-8-9-10-11-12-13-14-20-40(56)51-39(47(66)67)21-22-41(57)50-38(46(65)49-24-17-18-33-68)19-15-16-23-48-42(58)34-52-25-27-53(35-43(59)60)29-31-55(37-45(63)64)32-30-54(28-26-52)36-44(61)62/h38-39,68H,2-37H2,1H3,(H,48,58)(H,49,65)(H,50,57)(H,51,56)(H,59,60)(H,61,62)(H,63,64)(H,66,67)/t38-,39-/m0/s1. The molecule has 1 saturated heterocycles. The zero-order valence-corrected chi connectivity index (χ0v) is 41.8. The molecule has 1 rings (SSSR count). The molecule has 0 spiro atoms. The second-order valence-corrected chi connectivity index (χ2v) is 18.4. The molecule has 1 heterocycles. The van der Waals surface area contributed by atoms with Crippen molar-refractivity contribution in [3.8, 4) is 0 Å². The first-order valence-corrected chi connectivity index (χ1v) is 25.8. The van der Waals surface area contributed by atoms with Gasteiger partial charge in [-0.3, -0.25) is 53.2 Å². The van der Waals surface area contributed by atoms with Crippen LogP contribution in [0.25, 0.3) is 0 Å². The Morgan fingerprint density at radius 1 is 0.441 bits per heavy atom. The minimum absolute atomic E-state index is 0.0441. The van der Waals surface area contributed by atoms with Crippen molar-refractivity contribution in [3.05, 3.63) is 0 Å². The summed E-state index contributed by atoms with van der Waals surface area (Å²) in [4.78, 5) is 106. The fraction of sp³-hybridized carbons (Fsp3) is 0.830. The van der Waals surface area contributed by atoms with E-state index < -0.39 is 41.9 Å². The van der Waals surface area contributed by atoms with Gasteiger partial charge in [0.25, 0.3) is 0 Å². The van der Waals surface area contributed by atoms with Crippen LogP contribution < -0.4 is 21.3 Å². The van der Waals surface area contributed by atoms with E-state index in [1.807, 2.05) is 4.90 Å². The van der Waals surface area contributed by atoms with Gasteiger partial charge in [-0.15, -0.1) is 0 Å². The predicted octanol–water partition coefficient (Wildman–Crippen LogP) is 2.89. The van der Waals surface area contributed by atoms with E-state index >= 15 is 0 Å². The van der Waals surface area contributed by atoms with E-state index in [9.17, 15) is 58.8 Å². The van der Waals surface area contributed by atoms with Crippen LogP contribution in [0.3, 0.4) is 0 Å². The molecule has 0 bridgehead atoms. The van der Waals surface area contributed by atoms with Crippen LogP contribution in [-0.4, -0.2) is 197 Å². The summed E-state index contributed by atoms with van der Waals surface area (Å²) in [6.07, 6.45) is 17.7. The monoisotopic (exact) mass is 987 g/mol. The Morgan fingerprint density at radius 2 is 0.838 bits per heavy atom. The van der Waals surface area contributed by atoms with Crippen molar-refractivity contribution in [2.24, 2.45) is 0 Å². The van der Waals surface area contributed by atoms with Crippen molar-refractivity contribution in [2.75, 3.05) is 97.4 Å². The van der Waals surface area contributed by atoms with Crippen LogP contribution in [0, 0.1) is 0 Å². The zero-order valence-electron chi connectivity index (χ0n) is 40.9. The molecular formula is C47H86N8O12S. The molecule has 0 aliphatic carbocycles. The highest BCUT2D eigenvalue weighted by molar-refractivity contribution is 7.80. The highest BCUT2D eigenvalue weighted by atomic mass is 32.1. The average molecular weight is 987 g/mol. The number of carbonyl (C=O) groups excluding carboxylic acids is 4. The molecule has 0 unspecified atom stereocenters. The predicted molar refractivity (Wildman–Crippen MR) is 263 cm³/mol. The Bertz CT molecular complexity index is 1450. The molecule has 4 amide bonds. The van der Waals surface area contributed by atoms with Gasteiger partial charge in [0, 0.05) is 78.3 Å². The lowest BCUT2D eigenvalue weighted by atomic mass is 10.0. The summed E-state index contributed by atoms with van der Waals surface area (Å²) in [7, 11) is 0. The smallest absolute Gasteiger partial charge is 0.326 e. The molecular weight excluding hydrogens is 901 g/mol. The molecule has 0 aromatic heterocycles. The number of carbonyl (C=O) groups is 8. The van der Waals surface area contributed by atoms with Crippen molar-refractivity contribution in [1.82, 2.24) is 40.9 Å². The first-order chi connectivity index (χ1) is 32.6. The van der Waals surface area contributed by atoms with Gasteiger partial charge in [0.2, 0.25) is 23.6 Å². The van der Waals surface area contributed by atoms with Gasteiger partial charge in [0.05, 0.1) is 26.2 Å². The second kappa shape index (κ2) is 39.8. The normalized spacial score (nSPS) is 15.6. The molecule has 1 fully saturated rings. The van der Waals surface area contributed by atoms with Gasteiger partial charge >= 0.3 is 23.9 Å². The van der Waals surface area contributed by atoms with Gasteiger partial charge in [-0.25, -0.2) is 4.79 Å². The number of aliphatic carboxylic acids is 4. The summed E-state index contributed by atoms with van der Waals surface area (Å²) < 4.78 is 0. The number of thiol groups is 1. The summed E-state index contributed by atoms with van der Waals surface area (Å²) in [5.74, 6) is -5.33. The Labute approximate surface area is 409 Å². The fourth-order valence-electron chi connectivity index (χ4n) is 7.95. The van der Waals surface area contributed by atoms with Gasteiger partial charge in [-0.2, -0.15) is 12.6 Å². The van der Waals surface area contributed by atoms with Crippen LogP contribution in [0.4, 0.5) is 0 Å². The molecule has 2 atom stereocenters. The van der Waals surface area contributed by atoms with Crippen LogP contribution in [0.5, 0.6) is 0 Å². The summed E-state index contributed by atoms with van der Waals surface area (Å²) >= 11 is 4.21. The lowest BCUT2D eigenvalue weighted by Crippen LogP contribution is -2.49. The van der Waals surface area contributed by atoms with Crippen LogP contribution in [0.2, 0.25) is 0 Å². The Hall–Kier alpha value is -4.05. The van der Waals surface area contributed by atoms with Crippen LogP contribution in [-0.2, 0) is 38.4 Å². The number of hydrogen-bond acceptors (Lipinski definition) is 13. The minimum Gasteiger partial charge on any atom is -0.480 e. The van der Waals surface area contributed by atoms with E-state index in [0.29, 0.717) is 51.1 Å². The highest BCUT2D eigenvalue weighted by Crippen LogP contribution is 2.13. The third-order valence-electron chi connectivity index (χ3n) is 12.0. The molecule has 1 aliphatic rings. The quantitative estimate of drug-likeness (QED) is 0.0318. The summed E-state index contributed by atoms with van der Waals surface area (Å²) in [6, 6.07) is -2.17. The fourth-order valence-corrected chi connectivity index (χ4v) is 8.18. The molecule has 1 aliphatic heterocycles. The van der Waals surface area contributed by atoms with Crippen molar-refractivity contribution in [2.45, 2.75) is 154 Å². The van der Waals surface area contributed by atoms with E-state index in [1.165, 1.54) is 57.8 Å². The number of carboxylic acid groups (broad SMARTS) is 4. The van der Waals surface area contributed by atoms with Gasteiger partial charge in [0.1, 0.15) is 12.1 Å². The number of nitrogens with one attached hydrogen (secondary N) is 4. The van der Waals surface area contributed by atoms with E-state index in [1.54, 1.807) is 14.7 Å². The van der Waals surface area contributed by atoms with E-state index in [2.05, 4.69) is 40.8 Å². The summed E-state index contributed by atoms with van der Waals surface area (Å²) in [5.41, 5.74) is 0. The van der Waals surface area contributed by atoms with Crippen LogP contribution in [0.1, 0.15) is 142 Å². The van der Waals surface area contributed by atoms with Crippen LogP contribution in [0.15, 0.2) is 0 Å². The average Bonchev–Trinajstić information content (AvgIpc) is 3.27. The molecule has 392 valence electrons. The molecule has 20 nitrogen and oxygen atoms in total. The Kier molecular flexibility index (Phi) is 36.2. The number of rotatable bonds is 38. The molecule has 8 N–H and O–H groups in total. The minimum atomic E-state index is -1.25. The largest absolute Gasteiger partial charge is 0.480 e. The van der Waals surface area contributed by atoms with Gasteiger partial charge in [-0.1, -0.05) is 84.0 Å². The Morgan fingerprint density at radius 3 is 1.28 bits per heavy atom. The Balaban J connectivity index is 2.67. The maximum atomic E-state index is 13.2. The van der Waals surface area contributed by atoms with Gasteiger partial charge in [0.15, 0.2) is 0 Å². The van der Waals surface area contributed by atoms with E-state index in [-0.39, 0.29) is 115 Å². The number of carboxylic acids is 4. The van der Waals surface area contributed by atoms with E-state index in [0.717, 1.165) is 25.7 Å². The third-order valence-corrected chi connectivity index (χ3v) is 12.3. The number of hydrogen-bond donors (Lipinski definition) is 9. The van der Waals surface area contributed by atoms with Gasteiger partial charge in [-0.05, 0) is 50.7 Å². The van der Waals surface area contributed by atoms with Crippen molar-refractivity contribution < 1.29 is 58.8 Å². The van der Waals surface area contributed by atoms with Crippen molar-refractivity contribution in [1.29, 1.82) is 0 Å². The molecule has 21 heteroatoms. The molecule has 0 aromatic carbocycles. The summed E-state index contributed by atoms with van der Waals surface area (Å²) in [6.45, 7) is 4.16. The first-order valence-electron chi connectivity index (χ1n) is 25.1. The maximum Gasteiger partial charge on any atom is 0.326 e. The van der Waals surface area contributed by atoms with Crippen molar-refractivity contribution in [3.63, 3.8) is 0 Å². The highest BCUT2D eigenvalue weighted by Gasteiger charge is 2.25.